The molecule has 6 nitrogen and oxygen atoms in total. The minimum absolute atomic E-state index is 0. The molecule has 6 heteroatoms. The van der Waals surface area contributed by atoms with Crippen LogP contribution in [0.15, 0.2) is 60.7 Å². The third-order valence-electron chi connectivity index (χ3n) is 8.06. The van der Waals surface area contributed by atoms with E-state index in [-0.39, 0.29) is 26.0 Å². The average molecular weight is 499 g/mol. The molecular weight excluding hydrogens is 464 g/mol. The first-order valence-electron chi connectivity index (χ1n) is 13.2. The number of anilines is 1. The van der Waals surface area contributed by atoms with E-state index in [1.165, 1.54) is 0 Å². The van der Waals surface area contributed by atoms with Gasteiger partial charge < -0.3 is 20.1 Å². The van der Waals surface area contributed by atoms with Crippen molar-refractivity contribution in [3.63, 3.8) is 0 Å². The molecule has 0 saturated heterocycles. The number of rotatable bonds is 7. The molecule has 1 aliphatic heterocycles. The van der Waals surface area contributed by atoms with Crippen molar-refractivity contribution in [3.05, 3.63) is 77.4 Å². The third-order valence-corrected chi connectivity index (χ3v) is 8.06. The Bertz CT molecular complexity index is 1340. The first kappa shape index (κ1) is 23.6. The molecule has 1 heterocycles. The Morgan fingerprint density at radius 1 is 0.946 bits per heavy atom. The van der Waals surface area contributed by atoms with Gasteiger partial charge in [-0.15, -0.1) is 0 Å². The molecule has 3 aliphatic rings. The van der Waals surface area contributed by atoms with Gasteiger partial charge in [0.05, 0.1) is 5.41 Å². The van der Waals surface area contributed by atoms with Crippen LogP contribution in [-0.4, -0.2) is 18.6 Å². The van der Waals surface area contributed by atoms with Crippen LogP contribution in [0.1, 0.15) is 56.6 Å². The predicted octanol–water partition coefficient (Wildman–Crippen LogP) is 6.11. The van der Waals surface area contributed by atoms with Crippen LogP contribution in [0, 0.1) is 12.8 Å². The van der Waals surface area contributed by atoms with E-state index in [9.17, 15) is 9.59 Å². The fourth-order valence-corrected chi connectivity index (χ4v) is 5.55. The van der Waals surface area contributed by atoms with Crippen LogP contribution < -0.4 is 20.1 Å². The van der Waals surface area contributed by atoms with Gasteiger partial charge in [0.1, 0.15) is 0 Å². The summed E-state index contributed by atoms with van der Waals surface area (Å²) >= 11 is 0. The van der Waals surface area contributed by atoms with Gasteiger partial charge in [-0.25, -0.2) is 0 Å². The van der Waals surface area contributed by atoms with Crippen LogP contribution in [-0.2, 0) is 21.5 Å². The SMILES string of the molecule is Cc1ccc(NC(=O)C2(c3ccc4c(c3)OCO4)CC2)cc1-c1ccc(CNC(=O)C2CCCC2)cc1.[HH]. The second-order valence-corrected chi connectivity index (χ2v) is 10.5. The van der Waals surface area contributed by atoms with E-state index in [1.807, 2.05) is 36.4 Å². The molecule has 0 spiro atoms. The number of ether oxygens (including phenoxy) is 2. The molecule has 192 valence electrons. The van der Waals surface area contributed by atoms with Crippen molar-refractivity contribution in [1.82, 2.24) is 5.32 Å². The first-order valence-corrected chi connectivity index (χ1v) is 13.2. The van der Waals surface area contributed by atoms with E-state index in [0.717, 1.165) is 77.8 Å². The molecule has 3 aromatic rings. The lowest BCUT2D eigenvalue weighted by Gasteiger charge is -2.17. The van der Waals surface area contributed by atoms with E-state index >= 15 is 0 Å². The van der Waals surface area contributed by atoms with E-state index in [1.54, 1.807) is 0 Å². The Morgan fingerprint density at radius 3 is 2.46 bits per heavy atom. The minimum atomic E-state index is -0.517. The van der Waals surface area contributed by atoms with Gasteiger partial charge in [-0.1, -0.05) is 49.2 Å². The molecule has 0 bridgehead atoms. The van der Waals surface area contributed by atoms with Gasteiger partial charge >= 0.3 is 0 Å². The lowest BCUT2D eigenvalue weighted by atomic mass is 9.94. The molecule has 3 aromatic carbocycles. The maximum absolute atomic E-state index is 13.4. The lowest BCUT2D eigenvalue weighted by Crippen LogP contribution is -2.28. The Balaban J connectivity index is 0.00000294. The van der Waals surface area contributed by atoms with Gasteiger partial charge in [-0.3, -0.25) is 9.59 Å². The Kier molecular flexibility index (Phi) is 6.11. The number of hydrogen-bond acceptors (Lipinski definition) is 4. The molecule has 0 radical (unpaired) electrons. The number of fused-ring (bicyclic) bond motifs is 1. The summed E-state index contributed by atoms with van der Waals surface area (Å²) in [4.78, 5) is 25.7. The minimum Gasteiger partial charge on any atom is -0.454 e. The summed E-state index contributed by atoms with van der Waals surface area (Å²) in [6.45, 7) is 2.85. The molecule has 0 atom stereocenters. The number of amides is 2. The van der Waals surface area contributed by atoms with Gasteiger partial charge in [-0.2, -0.15) is 0 Å². The van der Waals surface area contributed by atoms with E-state index in [4.69, 9.17) is 9.47 Å². The molecule has 0 unspecified atom stereocenters. The molecule has 2 aliphatic carbocycles. The molecule has 6 rings (SSSR count). The molecule has 2 saturated carbocycles. The van der Waals surface area contributed by atoms with E-state index in [0.29, 0.717) is 12.3 Å². The van der Waals surface area contributed by atoms with Crippen molar-refractivity contribution in [2.75, 3.05) is 12.1 Å². The number of carbonyl (C=O) groups excluding carboxylic acids is 2. The van der Waals surface area contributed by atoms with Gasteiger partial charge in [-0.05, 0) is 84.7 Å². The highest BCUT2D eigenvalue weighted by Crippen LogP contribution is 2.51. The first-order chi connectivity index (χ1) is 18.0. The van der Waals surface area contributed by atoms with E-state index in [2.05, 4.69) is 41.8 Å². The summed E-state index contributed by atoms with van der Waals surface area (Å²) < 4.78 is 10.9. The average Bonchev–Trinajstić information content (AvgIpc) is 3.31. The van der Waals surface area contributed by atoms with Crippen molar-refractivity contribution in [2.24, 2.45) is 5.92 Å². The van der Waals surface area contributed by atoms with Crippen molar-refractivity contribution < 1.29 is 20.5 Å². The number of aryl methyl sites for hydroxylation is 1. The zero-order chi connectivity index (χ0) is 25.4. The molecule has 0 aromatic heterocycles. The topological polar surface area (TPSA) is 76.7 Å². The molecular formula is C31H34N2O4. The third kappa shape index (κ3) is 4.68. The fourth-order valence-electron chi connectivity index (χ4n) is 5.55. The summed E-state index contributed by atoms with van der Waals surface area (Å²) in [7, 11) is 0. The predicted molar refractivity (Wildman–Crippen MR) is 145 cm³/mol. The second-order valence-electron chi connectivity index (χ2n) is 10.5. The van der Waals surface area contributed by atoms with Gasteiger partial charge in [0.25, 0.3) is 0 Å². The van der Waals surface area contributed by atoms with Crippen LogP contribution in [0.25, 0.3) is 11.1 Å². The molecule has 2 amide bonds. The van der Waals surface area contributed by atoms with Crippen LogP contribution >= 0.6 is 0 Å². The summed E-state index contributed by atoms with van der Waals surface area (Å²) in [5.41, 5.74) is 5.61. The van der Waals surface area contributed by atoms with Crippen molar-refractivity contribution >= 4 is 17.5 Å². The fraction of sp³-hybridized carbons (Fsp3) is 0.355. The maximum atomic E-state index is 13.4. The van der Waals surface area contributed by atoms with Gasteiger partial charge in [0.15, 0.2) is 11.5 Å². The maximum Gasteiger partial charge on any atom is 0.235 e. The zero-order valence-electron chi connectivity index (χ0n) is 21.1. The standard InChI is InChI=1S/C31H32N2O4.H2/c1-20-6-12-25(33-30(35)31(14-15-31)24-11-13-27-28(16-24)37-19-36-27)17-26(20)22-9-7-21(8-10-22)18-32-29(34)23-4-2-3-5-23;/h6-13,16-17,23H,2-5,14-15,18-19H2,1H3,(H,32,34)(H,33,35);1H. The van der Waals surface area contributed by atoms with Crippen LogP contribution in [0.5, 0.6) is 11.5 Å². The highest BCUT2D eigenvalue weighted by atomic mass is 16.7. The molecule has 2 N–H and O–H groups in total. The van der Waals surface area contributed by atoms with Gasteiger partial charge in [0, 0.05) is 19.6 Å². The van der Waals surface area contributed by atoms with Crippen LogP contribution in [0.4, 0.5) is 5.69 Å². The number of hydrogen-bond donors (Lipinski definition) is 2. The Morgan fingerprint density at radius 2 is 1.70 bits per heavy atom. The van der Waals surface area contributed by atoms with E-state index < -0.39 is 5.41 Å². The highest BCUT2D eigenvalue weighted by Gasteiger charge is 2.51. The second kappa shape index (κ2) is 9.58. The normalized spacial score (nSPS) is 17.4. The summed E-state index contributed by atoms with van der Waals surface area (Å²) in [6, 6.07) is 20.1. The summed E-state index contributed by atoms with van der Waals surface area (Å²) in [5, 5.41) is 6.25. The lowest BCUT2D eigenvalue weighted by molar-refractivity contribution is -0.125. The van der Waals surface area contributed by atoms with Crippen molar-refractivity contribution in [2.45, 2.75) is 57.4 Å². The monoisotopic (exact) mass is 498 g/mol. The Hall–Kier alpha value is -3.80. The smallest absolute Gasteiger partial charge is 0.235 e. The summed E-state index contributed by atoms with van der Waals surface area (Å²) in [6.07, 6.45) is 5.96. The Labute approximate surface area is 218 Å². The van der Waals surface area contributed by atoms with Crippen molar-refractivity contribution in [3.8, 4) is 22.6 Å². The number of carbonyl (C=O) groups is 2. The molecule has 2 fully saturated rings. The molecule has 37 heavy (non-hydrogen) atoms. The quantitative estimate of drug-likeness (QED) is 0.412. The zero-order valence-corrected chi connectivity index (χ0v) is 21.1. The van der Waals surface area contributed by atoms with Crippen LogP contribution in [0.3, 0.4) is 0 Å². The van der Waals surface area contributed by atoms with Gasteiger partial charge in [0.2, 0.25) is 18.6 Å². The largest absolute Gasteiger partial charge is 0.454 e. The summed E-state index contributed by atoms with van der Waals surface area (Å²) in [5.74, 6) is 1.80. The van der Waals surface area contributed by atoms with Crippen LogP contribution in [0.2, 0.25) is 0 Å². The number of benzene rings is 3. The highest BCUT2D eigenvalue weighted by molar-refractivity contribution is 6.02. The number of nitrogens with one attached hydrogen (secondary N) is 2. The van der Waals surface area contributed by atoms with Crippen molar-refractivity contribution in [1.29, 1.82) is 0 Å².